The standard InChI is InChI=1S/C9H9BrO2/c1-6-2-7(5-9(11)12)4-8(10)3-6/h2-4H,5H2,1H3,(H,11,12). The zero-order chi connectivity index (χ0) is 9.14. The zero-order valence-corrected chi connectivity index (χ0v) is 8.26. The van der Waals surface area contributed by atoms with Crippen LogP contribution >= 0.6 is 15.9 Å². The van der Waals surface area contributed by atoms with Crippen molar-refractivity contribution in [1.29, 1.82) is 0 Å². The third-order valence-electron chi connectivity index (χ3n) is 1.46. The molecule has 0 aliphatic heterocycles. The highest BCUT2D eigenvalue weighted by atomic mass is 79.9. The van der Waals surface area contributed by atoms with E-state index in [-0.39, 0.29) is 6.42 Å². The average molecular weight is 229 g/mol. The lowest BCUT2D eigenvalue weighted by Gasteiger charge is -2.00. The number of carboxylic acid groups (broad SMARTS) is 1. The number of hydrogen-bond acceptors (Lipinski definition) is 1. The molecule has 64 valence electrons. The highest BCUT2D eigenvalue weighted by Gasteiger charge is 2.01. The average Bonchev–Trinajstić information content (AvgIpc) is 1.81. The minimum absolute atomic E-state index is 0.0836. The lowest BCUT2D eigenvalue weighted by atomic mass is 10.1. The maximum Gasteiger partial charge on any atom is 0.307 e. The number of carbonyl (C=O) groups is 1. The molecule has 1 rings (SSSR count). The van der Waals surface area contributed by atoms with Crippen molar-refractivity contribution in [3.05, 3.63) is 33.8 Å². The van der Waals surface area contributed by atoms with Crippen LogP contribution in [0.3, 0.4) is 0 Å². The van der Waals surface area contributed by atoms with Gasteiger partial charge in [0.2, 0.25) is 0 Å². The summed E-state index contributed by atoms with van der Waals surface area (Å²) in [6.07, 6.45) is 0.0836. The summed E-state index contributed by atoms with van der Waals surface area (Å²) >= 11 is 3.31. The molecule has 1 aromatic rings. The quantitative estimate of drug-likeness (QED) is 0.845. The van der Waals surface area contributed by atoms with Crippen molar-refractivity contribution in [2.75, 3.05) is 0 Å². The number of hydrogen-bond donors (Lipinski definition) is 1. The normalized spacial score (nSPS) is 9.83. The van der Waals surface area contributed by atoms with Crippen molar-refractivity contribution in [2.24, 2.45) is 0 Å². The van der Waals surface area contributed by atoms with Gasteiger partial charge in [0.05, 0.1) is 6.42 Å². The third kappa shape index (κ3) is 2.66. The van der Waals surface area contributed by atoms with Gasteiger partial charge in [0.25, 0.3) is 0 Å². The second kappa shape index (κ2) is 3.72. The first kappa shape index (κ1) is 9.26. The lowest BCUT2D eigenvalue weighted by molar-refractivity contribution is -0.136. The Kier molecular flexibility index (Phi) is 2.87. The van der Waals surface area contributed by atoms with Gasteiger partial charge < -0.3 is 5.11 Å². The Hall–Kier alpha value is -0.830. The van der Waals surface area contributed by atoms with E-state index in [9.17, 15) is 4.79 Å². The van der Waals surface area contributed by atoms with Crippen LogP contribution in [0.5, 0.6) is 0 Å². The van der Waals surface area contributed by atoms with Crippen LogP contribution in [0.1, 0.15) is 11.1 Å². The van der Waals surface area contributed by atoms with E-state index < -0.39 is 5.97 Å². The minimum atomic E-state index is -0.799. The Morgan fingerprint density at radius 3 is 2.67 bits per heavy atom. The maximum absolute atomic E-state index is 10.4. The second-order valence-electron chi connectivity index (χ2n) is 2.71. The van der Waals surface area contributed by atoms with Crippen molar-refractivity contribution in [3.8, 4) is 0 Å². The fraction of sp³-hybridized carbons (Fsp3) is 0.222. The Morgan fingerprint density at radius 1 is 1.50 bits per heavy atom. The Bertz CT molecular complexity index is 287. The monoisotopic (exact) mass is 228 g/mol. The van der Waals surface area contributed by atoms with Crippen LogP contribution in [0.2, 0.25) is 0 Å². The first-order valence-corrected chi connectivity index (χ1v) is 4.35. The van der Waals surface area contributed by atoms with Gasteiger partial charge in [-0.25, -0.2) is 0 Å². The molecule has 0 saturated carbocycles. The number of aliphatic carboxylic acids is 1. The molecule has 0 atom stereocenters. The summed E-state index contributed by atoms with van der Waals surface area (Å²) in [6.45, 7) is 1.94. The van der Waals surface area contributed by atoms with E-state index in [1.165, 1.54) is 0 Å². The first-order chi connectivity index (χ1) is 5.58. The molecule has 0 aliphatic rings. The summed E-state index contributed by atoms with van der Waals surface area (Å²) in [5.74, 6) is -0.799. The molecule has 0 amide bonds. The van der Waals surface area contributed by atoms with Gasteiger partial charge in [-0.05, 0) is 30.2 Å². The van der Waals surface area contributed by atoms with Crippen LogP contribution in [-0.4, -0.2) is 11.1 Å². The SMILES string of the molecule is Cc1cc(Br)cc(CC(=O)O)c1. The molecule has 12 heavy (non-hydrogen) atoms. The van der Waals surface area contributed by atoms with Crippen molar-refractivity contribution >= 4 is 21.9 Å². The molecule has 0 aromatic heterocycles. The molecule has 0 fully saturated rings. The fourth-order valence-corrected chi connectivity index (χ4v) is 1.74. The Morgan fingerprint density at radius 2 is 2.17 bits per heavy atom. The summed E-state index contributed by atoms with van der Waals surface area (Å²) in [5, 5.41) is 8.53. The Balaban J connectivity index is 2.93. The Labute approximate surface area is 79.3 Å². The van der Waals surface area contributed by atoms with Gasteiger partial charge in [-0.2, -0.15) is 0 Å². The molecule has 3 heteroatoms. The van der Waals surface area contributed by atoms with E-state index in [4.69, 9.17) is 5.11 Å². The van der Waals surface area contributed by atoms with Crippen LogP contribution in [-0.2, 0) is 11.2 Å². The van der Waals surface area contributed by atoms with E-state index in [1.54, 1.807) is 0 Å². The molecule has 1 N–H and O–H groups in total. The molecule has 0 saturated heterocycles. The summed E-state index contributed by atoms with van der Waals surface area (Å²) in [7, 11) is 0. The minimum Gasteiger partial charge on any atom is -0.481 e. The second-order valence-corrected chi connectivity index (χ2v) is 3.62. The highest BCUT2D eigenvalue weighted by molar-refractivity contribution is 9.10. The van der Waals surface area contributed by atoms with Crippen LogP contribution in [0, 0.1) is 6.92 Å². The molecule has 0 bridgehead atoms. The molecule has 0 aliphatic carbocycles. The third-order valence-corrected chi connectivity index (χ3v) is 1.92. The molecule has 0 spiro atoms. The van der Waals surface area contributed by atoms with Crippen molar-refractivity contribution in [2.45, 2.75) is 13.3 Å². The van der Waals surface area contributed by atoms with Gasteiger partial charge in [0.15, 0.2) is 0 Å². The van der Waals surface area contributed by atoms with Gasteiger partial charge in [-0.15, -0.1) is 0 Å². The van der Waals surface area contributed by atoms with Crippen molar-refractivity contribution < 1.29 is 9.90 Å². The number of benzene rings is 1. The number of carboxylic acids is 1. The van der Waals surface area contributed by atoms with Crippen LogP contribution in [0.15, 0.2) is 22.7 Å². The summed E-state index contributed by atoms with van der Waals surface area (Å²) in [4.78, 5) is 10.4. The van der Waals surface area contributed by atoms with Crippen molar-refractivity contribution in [1.82, 2.24) is 0 Å². The van der Waals surface area contributed by atoms with Gasteiger partial charge >= 0.3 is 5.97 Å². The predicted molar refractivity (Wildman–Crippen MR) is 50.2 cm³/mol. The van der Waals surface area contributed by atoms with Gasteiger partial charge in [-0.1, -0.05) is 22.0 Å². The fourth-order valence-electron chi connectivity index (χ4n) is 1.09. The maximum atomic E-state index is 10.4. The van der Waals surface area contributed by atoms with Crippen LogP contribution in [0.4, 0.5) is 0 Å². The largest absolute Gasteiger partial charge is 0.481 e. The summed E-state index contributed by atoms with van der Waals surface area (Å²) in [5.41, 5.74) is 1.90. The van der Waals surface area contributed by atoms with E-state index in [2.05, 4.69) is 15.9 Å². The smallest absolute Gasteiger partial charge is 0.307 e. The highest BCUT2D eigenvalue weighted by Crippen LogP contribution is 2.15. The van der Waals surface area contributed by atoms with Crippen molar-refractivity contribution in [3.63, 3.8) is 0 Å². The van der Waals surface area contributed by atoms with Gasteiger partial charge in [-0.3, -0.25) is 4.79 Å². The van der Waals surface area contributed by atoms with Gasteiger partial charge in [0, 0.05) is 4.47 Å². The summed E-state index contributed by atoms with van der Waals surface area (Å²) < 4.78 is 0.929. The van der Waals surface area contributed by atoms with Gasteiger partial charge in [0.1, 0.15) is 0 Å². The predicted octanol–water partition coefficient (Wildman–Crippen LogP) is 2.38. The molecule has 2 nitrogen and oxygen atoms in total. The van der Waals surface area contributed by atoms with Crippen LogP contribution in [0.25, 0.3) is 0 Å². The topological polar surface area (TPSA) is 37.3 Å². The first-order valence-electron chi connectivity index (χ1n) is 3.56. The molecular weight excluding hydrogens is 220 g/mol. The molecule has 1 aromatic carbocycles. The van der Waals surface area contributed by atoms with E-state index in [1.807, 2.05) is 25.1 Å². The number of halogens is 1. The molecule has 0 unspecified atom stereocenters. The van der Waals surface area contributed by atoms with E-state index >= 15 is 0 Å². The zero-order valence-electron chi connectivity index (χ0n) is 6.67. The number of rotatable bonds is 2. The van der Waals surface area contributed by atoms with Crippen LogP contribution < -0.4 is 0 Å². The number of aryl methyl sites for hydroxylation is 1. The molecule has 0 heterocycles. The lowest BCUT2D eigenvalue weighted by Crippen LogP contribution is -1.99. The molecule has 0 radical (unpaired) electrons. The summed E-state index contributed by atoms with van der Waals surface area (Å²) in [6, 6.07) is 5.64. The van der Waals surface area contributed by atoms with E-state index in [0.717, 1.165) is 15.6 Å². The molecular formula is C9H9BrO2. The van der Waals surface area contributed by atoms with E-state index in [0.29, 0.717) is 0 Å².